The molecule has 1 heterocycles. The first-order valence-electron chi connectivity index (χ1n) is 7.35. The van der Waals surface area contributed by atoms with Gasteiger partial charge >= 0.3 is 0 Å². The van der Waals surface area contributed by atoms with Crippen LogP contribution in [0.4, 0.5) is 5.69 Å². The van der Waals surface area contributed by atoms with E-state index in [4.69, 9.17) is 4.74 Å². The fourth-order valence-corrected chi connectivity index (χ4v) is 3.01. The van der Waals surface area contributed by atoms with Crippen molar-refractivity contribution in [3.63, 3.8) is 0 Å². The van der Waals surface area contributed by atoms with Crippen molar-refractivity contribution < 1.29 is 4.74 Å². The van der Waals surface area contributed by atoms with Gasteiger partial charge in [0.2, 0.25) is 0 Å². The predicted molar refractivity (Wildman–Crippen MR) is 86.4 cm³/mol. The van der Waals surface area contributed by atoms with Crippen LogP contribution in [0.1, 0.15) is 17.4 Å². The van der Waals surface area contributed by atoms with E-state index in [0.29, 0.717) is 0 Å². The molecule has 1 atom stereocenters. The molecule has 1 N–H and O–H groups in total. The van der Waals surface area contributed by atoms with Gasteiger partial charge in [0.1, 0.15) is 0 Å². The predicted octanol–water partition coefficient (Wildman–Crippen LogP) is 4.52. The molecule has 2 nitrogen and oxygen atoms in total. The molecular weight excluding hydrogens is 258 g/mol. The third kappa shape index (κ3) is 2.28. The van der Waals surface area contributed by atoms with Crippen LogP contribution in [0.3, 0.4) is 0 Å². The second-order valence-electron chi connectivity index (χ2n) is 5.37. The highest BCUT2D eigenvalue weighted by molar-refractivity contribution is 5.93. The summed E-state index contributed by atoms with van der Waals surface area (Å²) in [5, 5.41) is 6.03. The van der Waals surface area contributed by atoms with Gasteiger partial charge in [-0.2, -0.15) is 0 Å². The highest BCUT2D eigenvalue weighted by atomic mass is 16.5. The molecule has 3 aromatic rings. The molecule has 0 aliphatic carbocycles. The molecule has 4 rings (SSSR count). The van der Waals surface area contributed by atoms with Crippen molar-refractivity contribution in [2.24, 2.45) is 0 Å². The average Bonchev–Trinajstić information content (AvgIpc) is 2.56. The Balaban J connectivity index is 1.73. The molecule has 0 saturated heterocycles. The number of hydrogen-bond acceptors (Lipinski definition) is 2. The lowest BCUT2D eigenvalue weighted by Crippen LogP contribution is -2.22. The minimum Gasteiger partial charge on any atom is -0.356 e. The van der Waals surface area contributed by atoms with Crippen molar-refractivity contribution in [3.05, 3.63) is 77.9 Å². The van der Waals surface area contributed by atoms with Gasteiger partial charge in [-0.15, -0.1) is 0 Å². The second-order valence-corrected chi connectivity index (χ2v) is 5.37. The molecule has 3 aromatic carbocycles. The zero-order chi connectivity index (χ0) is 14.1. The Bertz CT molecular complexity index is 776. The largest absolute Gasteiger partial charge is 0.356 e. The first kappa shape index (κ1) is 12.4. The standard InChI is InChI=1S/C19H17NO/c1-3-9-16-14(6-1)8-5-11-18(16)20-19-17-10-4-2-7-15(17)12-13-21-19/h1-11,19-20H,12-13H2. The third-order valence-electron chi connectivity index (χ3n) is 4.07. The van der Waals surface area contributed by atoms with E-state index in [2.05, 4.69) is 72.0 Å². The lowest BCUT2D eigenvalue weighted by Gasteiger charge is -2.28. The molecule has 0 amide bonds. The molecule has 0 bridgehead atoms. The molecule has 0 aromatic heterocycles. The summed E-state index contributed by atoms with van der Waals surface area (Å²) in [5.41, 5.74) is 3.74. The van der Waals surface area contributed by atoms with Gasteiger partial charge in [0, 0.05) is 16.6 Å². The molecule has 0 saturated carbocycles. The normalized spacial score (nSPS) is 17.4. The van der Waals surface area contributed by atoms with Crippen molar-refractivity contribution in [3.8, 4) is 0 Å². The quantitative estimate of drug-likeness (QED) is 0.742. The molecule has 1 aliphatic rings. The van der Waals surface area contributed by atoms with E-state index in [1.54, 1.807) is 0 Å². The maximum Gasteiger partial charge on any atom is 0.154 e. The van der Waals surface area contributed by atoms with Crippen molar-refractivity contribution in [2.45, 2.75) is 12.6 Å². The lowest BCUT2D eigenvalue weighted by molar-refractivity contribution is 0.0619. The van der Waals surface area contributed by atoms with E-state index in [1.807, 2.05) is 0 Å². The zero-order valence-corrected chi connectivity index (χ0v) is 11.8. The molecule has 104 valence electrons. The lowest BCUT2D eigenvalue weighted by atomic mass is 10.0. The summed E-state index contributed by atoms with van der Waals surface area (Å²) in [5.74, 6) is 0. The fourth-order valence-electron chi connectivity index (χ4n) is 3.01. The van der Waals surface area contributed by atoms with Gasteiger partial charge in [-0.25, -0.2) is 0 Å². The maximum absolute atomic E-state index is 5.95. The summed E-state index contributed by atoms with van der Waals surface area (Å²) < 4.78 is 5.95. The molecule has 21 heavy (non-hydrogen) atoms. The van der Waals surface area contributed by atoms with Gasteiger partial charge in [-0.3, -0.25) is 0 Å². The minimum absolute atomic E-state index is 0.0687. The van der Waals surface area contributed by atoms with E-state index in [1.165, 1.54) is 21.9 Å². The summed E-state index contributed by atoms with van der Waals surface area (Å²) in [6.07, 6.45) is 0.921. The number of hydrogen-bond donors (Lipinski definition) is 1. The van der Waals surface area contributed by atoms with Gasteiger partial charge in [-0.1, -0.05) is 60.7 Å². The van der Waals surface area contributed by atoms with E-state index in [-0.39, 0.29) is 6.23 Å². The molecule has 0 fully saturated rings. The van der Waals surface area contributed by atoms with Crippen LogP contribution in [0, 0.1) is 0 Å². The minimum atomic E-state index is -0.0687. The molecule has 0 radical (unpaired) electrons. The molecule has 1 unspecified atom stereocenters. The molecular formula is C19H17NO. The summed E-state index contributed by atoms with van der Waals surface area (Å²) in [4.78, 5) is 0. The second kappa shape index (κ2) is 5.23. The van der Waals surface area contributed by atoms with Gasteiger partial charge in [0.15, 0.2) is 6.23 Å². The fraction of sp³-hybridized carbons (Fsp3) is 0.158. The number of benzene rings is 3. The van der Waals surface area contributed by atoms with Crippen LogP contribution < -0.4 is 5.32 Å². The molecule has 0 spiro atoms. The Kier molecular flexibility index (Phi) is 3.09. The van der Waals surface area contributed by atoms with Crippen molar-refractivity contribution in [1.82, 2.24) is 0 Å². The van der Waals surface area contributed by atoms with Crippen LogP contribution in [0.5, 0.6) is 0 Å². The van der Waals surface area contributed by atoms with Crippen LogP contribution in [-0.2, 0) is 11.2 Å². The van der Waals surface area contributed by atoms with Gasteiger partial charge in [0.05, 0.1) is 6.61 Å². The number of fused-ring (bicyclic) bond motifs is 2. The van der Waals surface area contributed by atoms with Gasteiger partial charge in [0.25, 0.3) is 0 Å². The van der Waals surface area contributed by atoms with E-state index >= 15 is 0 Å². The van der Waals surface area contributed by atoms with E-state index < -0.39 is 0 Å². The first-order valence-corrected chi connectivity index (χ1v) is 7.35. The first-order chi connectivity index (χ1) is 10.4. The Morgan fingerprint density at radius 1 is 0.857 bits per heavy atom. The highest BCUT2D eigenvalue weighted by Gasteiger charge is 2.20. The SMILES string of the molecule is c1ccc2c(c1)CCOC2Nc1cccc2ccccc12. The molecule has 2 heteroatoms. The van der Waals surface area contributed by atoms with E-state index in [9.17, 15) is 0 Å². The van der Waals surface area contributed by atoms with Crippen molar-refractivity contribution in [1.29, 1.82) is 0 Å². The van der Waals surface area contributed by atoms with Gasteiger partial charge in [-0.05, 0) is 23.4 Å². The number of rotatable bonds is 2. The highest BCUT2D eigenvalue weighted by Crippen LogP contribution is 2.31. The molecule has 1 aliphatic heterocycles. The monoisotopic (exact) mass is 275 g/mol. The van der Waals surface area contributed by atoms with Gasteiger partial charge < -0.3 is 10.1 Å². The van der Waals surface area contributed by atoms with Crippen molar-refractivity contribution >= 4 is 16.5 Å². The topological polar surface area (TPSA) is 21.3 Å². The van der Waals surface area contributed by atoms with E-state index in [0.717, 1.165) is 18.7 Å². The summed E-state index contributed by atoms with van der Waals surface area (Å²) >= 11 is 0. The number of nitrogens with one attached hydrogen (secondary N) is 1. The Labute approximate surface area is 124 Å². The average molecular weight is 275 g/mol. The summed E-state index contributed by atoms with van der Waals surface area (Å²) in [6, 6.07) is 23.3. The Morgan fingerprint density at radius 2 is 1.67 bits per heavy atom. The smallest absolute Gasteiger partial charge is 0.154 e. The van der Waals surface area contributed by atoms with Crippen LogP contribution in [0.2, 0.25) is 0 Å². The number of anilines is 1. The van der Waals surface area contributed by atoms with Crippen molar-refractivity contribution in [2.75, 3.05) is 11.9 Å². The third-order valence-corrected chi connectivity index (χ3v) is 4.07. The van der Waals surface area contributed by atoms with Crippen LogP contribution >= 0.6 is 0 Å². The number of ether oxygens (including phenoxy) is 1. The van der Waals surface area contributed by atoms with Crippen LogP contribution in [0.25, 0.3) is 10.8 Å². The summed E-state index contributed by atoms with van der Waals surface area (Å²) in [7, 11) is 0. The maximum atomic E-state index is 5.95. The summed E-state index contributed by atoms with van der Waals surface area (Å²) in [6.45, 7) is 0.763. The Morgan fingerprint density at radius 3 is 2.67 bits per heavy atom. The zero-order valence-electron chi connectivity index (χ0n) is 11.8. The Hall–Kier alpha value is -2.32. The van der Waals surface area contributed by atoms with Crippen LogP contribution in [-0.4, -0.2) is 6.61 Å². The van der Waals surface area contributed by atoms with Crippen LogP contribution in [0.15, 0.2) is 66.7 Å².